The number of halogens is 2. The van der Waals surface area contributed by atoms with Crippen LogP contribution in [0.1, 0.15) is 34.5 Å². The zero-order valence-electron chi connectivity index (χ0n) is 22.8. The van der Waals surface area contributed by atoms with Crippen LogP contribution in [0.15, 0.2) is 106 Å². The van der Waals surface area contributed by atoms with E-state index in [-0.39, 0.29) is 24.6 Å². The fourth-order valence-electron chi connectivity index (χ4n) is 4.80. The van der Waals surface area contributed by atoms with E-state index in [1.165, 1.54) is 34.8 Å². The molecule has 0 N–H and O–H groups in total. The summed E-state index contributed by atoms with van der Waals surface area (Å²) < 4.78 is 26.9. The fraction of sp³-hybridized carbons (Fsp3) is 0.121. The van der Waals surface area contributed by atoms with E-state index < -0.39 is 12.0 Å². The molecule has 10 heteroatoms. The summed E-state index contributed by atoms with van der Waals surface area (Å²) in [6, 6.07) is 23.7. The van der Waals surface area contributed by atoms with Crippen LogP contribution in [0.5, 0.6) is 5.75 Å². The second-order valence-electron chi connectivity index (χ2n) is 9.54. The standard InChI is InChI=1S/C33H24ClFN2O4S2/c1-2-40-32(39)28-29(21-7-4-3-5-8-21)36-33-37(30(28)26-9-6-16-42-26)31(38)27(43-33)18-22-17-23(34)12-15-25(22)41-19-20-10-13-24(35)14-11-20/h3-18,30H,2,19H2,1H3/b27-18-/t30-/m1/s1. The normalized spacial score (nSPS) is 14.8. The minimum atomic E-state index is -0.721. The number of esters is 1. The first-order valence-electron chi connectivity index (χ1n) is 13.4. The van der Waals surface area contributed by atoms with Gasteiger partial charge in [0.2, 0.25) is 0 Å². The third-order valence-electron chi connectivity index (χ3n) is 6.75. The van der Waals surface area contributed by atoms with Gasteiger partial charge in [-0.2, -0.15) is 0 Å². The number of hydrogen-bond acceptors (Lipinski definition) is 7. The third-order valence-corrected chi connectivity index (χ3v) is 8.90. The summed E-state index contributed by atoms with van der Waals surface area (Å²) in [6.07, 6.45) is 1.72. The highest BCUT2D eigenvalue weighted by Crippen LogP contribution is 2.37. The number of aromatic nitrogens is 1. The molecule has 0 aliphatic carbocycles. The maximum absolute atomic E-state index is 14.1. The van der Waals surface area contributed by atoms with Crippen LogP contribution in [0, 0.1) is 5.82 Å². The van der Waals surface area contributed by atoms with Crippen LogP contribution in [0.3, 0.4) is 0 Å². The van der Waals surface area contributed by atoms with Gasteiger partial charge in [0.15, 0.2) is 4.80 Å². The highest BCUT2D eigenvalue weighted by molar-refractivity contribution is 7.10. The number of ether oxygens (including phenoxy) is 2. The minimum absolute atomic E-state index is 0.182. The van der Waals surface area contributed by atoms with E-state index in [2.05, 4.69) is 0 Å². The predicted octanol–water partition coefficient (Wildman–Crippen LogP) is 6.37. The van der Waals surface area contributed by atoms with E-state index in [0.29, 0.717) is 36.9 Å². The zero-order chi connectivity index (χ0) is 29.9. The van der Waals surface area contributed by atoms with Gasteiger partial charge in [-0.25, -0.2) is 14.2 Å². The molecule has 6 rings (SSSR count). The zero-order valence-corrected chi connectivity index (χ0v) is 25.2. The van der Waals surface area contributed by atoms with Crippen molar-refractivity contribution in [2.45, 2.75) is 19.6 Å². The average Bonchev–Trinajstić information content (AvgIpc) is 3.66. The van der Waals surface area contributed by atoms with Crippen LogP contribution in [-0.4, -0.2) is 17.1 Å². The highest BCUT2D eigenvalue weighted by Gasteiger charge is 2.35. The number of thiophene rings is 1. The van der Waals surface area contributed by atoms with Gasteiger partial charge in [0.05, 0.1) is 22.4 Å². The summed E-state index contributed by atoms with van der Waals surface area (Å²) in [5, 5.41) is 2.38. The van der Waals surface area contributed by atoms with E-state index in [9.17, 15) is 14.0 Å². The first-order chi connectivity index (χ1) is 20.9. The van der Waals surface area contributed by atoms with Gasteiger partial charge in [0.25, 0.3) is 5.56 Å². The van der Waals surface area contributed by atoms with Crippen LogP contribution >= 0.6 is 34.3 Å². The SMILES string of the molecule is CCOC(=O)C1=C(c2ccccc2)N=c2s/c(=C\c3cc(Cl)ccc3OCc3ccc(F)cc3)c(=O)n2[C@@H]1c1cccs1. The lowest BCUT2D eigenvalue weighted by Gasteiger charge is -2.24. The Kier molecular flexibility index (Phi) is 8.38. The molecule has 6 nitrogen and oxygen atoms in total. The largest absolute Gasteiger partial charge is 0.488 e. The Bertz CT molecular complexity index is 2000. The van der Waals surface area contributed by atoms with Crippen molar-refractivity contribution in [2.75, 3.05) is 6.61 Å². The number of benzene rings is 3. The Morgan fingerprint density at radius 2 is 1.86 bits per heavy atom. The smallest absolute Gasteiger partial charge is 0.338 e. The lowest BCUT2D eigenvalue weighted by Crippen LogP contribution is -2.39. The number of thiazole rings is 1. The van der Waals surface area contributed by atoms with Gasteiger partial charge in [-0.3, -0.25) is 9.36 Å². The van der Waals surface area contributed by atoms with E-state index in [4.69, 9.17) is 26.1 Å². The van der Waals surface area contributed by atoms with E-state index in [1.807, 2.05) is 47.8 Å². The molecule has 2 aromatic heterocycles. The van der Waals surface area contributed by atoms with Crippen molar-refractivity contribution in [3.63, 3.8) is 0 Å². The predicted molar refractivity (Wildman–Crippen MR) is 168 cm³/mol. The lowest BCUT2D eigenvalue weighted by atomic mass is 9.97. The molecule has 3 heterocycles. The molecule has 1 aliphatic rings. The van der Waals surface area contributed by atoms with Gasteiger partial charge in [0, 0.05) is 21.0 Å². The molecule has 0 saturated heterocycles. The van der Waals surface area contributed by atoms with Crippen molar-refractivity contribution in [3.8, 4) is 5.75 Å². The maximum atomic E-state index is 14.1. The van der Waals surface area contributed by atoms with Crippen molar-refractivity contribution in [1.29, 1.82) is 0 Å². The molecular formula is C33H24ClFN2O4S2. The van der Waals surface area contributed by atoms with Crippen LogP contribution in [-0.2, 0) is 16.1 Å². The van der Waals surface area contributed by atoms with Crippen molar-refractivity contribution in [1.82, 2.24) is 4.57 Å². The summed E-state index contributed by atoms with van der Waals surface area (Å²) in [5.74, 6) is -0.343. The van der Waals surface area contributed by atoms with Gasteiger partial charge < -0.3 is 9.47 Å². The number of nitrogens with zero attached hydrogens (tertiary/aromatic N) is 2. The van der Waals surface area contributed by atoms with Gasteiger partial charge >= 0.3 is 5.97 Å². The van der Waals surface area contributed by atoms with Crippen LogP contribution in [0.2, 0.25) is 5.02 Å². The third kappa shape index (κ3) is 5.97. The van der Waals surface area contributed by atoms with Gasteiger partial charge in [-0.05, 0) is 60.3 Å². The van der Waals surface area contributed by atoms with Crippen LogP contribution < -0.4 is 19.6 Å². The van der Waals surface area contributed by atoms with Crippen LogP contribution in [0.4, 0.5) is 4.39 Å². The van der Waals surface area contributed by atoms with Gasteiger partial charge in [0.1, 0.15) is 24.2 Å². The fourth-order valence-corrected chi connectivity index (χ4v) is 6.80. The number of hydrogen-bond donors (Lipinski definition) is 0. The number of carbonyl (C=O) groups is 1. The van der Waals surface area contributed by atoms with Crippen molar-refractivity contribution in [2.24, 2.45) is 4.99 Å². The Morgan fingerprint density at radius 1 is 1.07 bits per heavy atom. The highest BCUT2D eigenvalue weighted by atomic mass is 35.5. The second kappa shape index (κ2) is 12.5. The first kappa shape index (κ1) is 28.8. The molecule has 1 atom stereocenters. The summed E-state index contributed by atoms with van der Waals surface area (Å²) in [6.45, 7) is 2.13. The molecule has 0 fully saturated rings. The van der Waals surface area contributed by atoms with E-state index in [0.717, 1.165) is 16.0 Å². The Morgan fingerprint density at radius 3 is 2.58 bits per heavy atom. The van der Waals surface area contributed by atoms with E-state index >= 15 is 0 Å². The summed E-state index contributed by atoms with van der Waals surface area (Å²) in [4.78, 5) is 33.7. The Hall–Kier alpha value is -4.31. The number of fused-ring (bicyclic) bond motifs is 1. The molecule has 3 aromatic carbocycles. The number of rotatable bonds is 8. The molecular weight excluding hydrogens is 607 g/mol. The van der Waals surface area contributed by atoms with Gasteiger partial charge in [-0.15, -0.1) is 11.3 Å². The molecule has 0 saturated carbocycles. The minimum Gasteiger partial charge on any atom is -0.488 e. The molecule has 5 aromatic rings. The Balaban J connectivity index is 1.51. The Labute approximate surface area is 259 Å². The average molecular weight is 631 g/mol. The summed E-state index contributed by atoms with van der Waals surface area (Å²) in [5.41, 5.74) is 2.60. The number of carbonyl (C=O) groups excluding carboxylic acids is 1. The quantitative estimate of drug-likeness (QED) is 0.187. The molecule has 216 valence electrons. The van der Waals surface area contributed by atoms with Crippen molar-refractivity contribution < 1.29 is 18.7 Å². The van der Waals surface area contributed by atoms with Crippen molar-refractivity contribution in [3.05, 3.63) is 148 Å². The second-order valence-corrected chi connectivity index (χ2v) is 12.0. The monoisotopic (exact) mass is 630 g/mol. The molecule has 0 amide bonds. The molecule has 1 aliphatic heterocycles. The molecule has 0 bridgehead atoms. The molecule has 43 heavy (non-hydrogen) atoms. The summed E-state index contributed by atoms with van der Waals surface area (Å²) >= 11 is 9.02. The molecule has 0 spiro atoms. The van der Waals surface area contributed by atoms with E-state index in [1.54, 1.807) is 47.9 Å². The maximum Gasteiger partial charge on any atom is 0.338 e. The summed E-state index contributed by atoms with van der Waals surface area (Å²) in [7, 11) is 0. The first-order valence-corrected chi connectivity index (χ1v) is 15.5. The van der Waals surface area contributed by atoms with Crippen molar-refractivity contribution >= 4 is 52.0 Å². The molecule has 0 unspecified atom stereocenters. The topological polar surface area (TPSA) is 69.9 Å². The van der Waals surface area contributed by atoms with Crippen LogP contribution in [0.25, 0.3) is 11.8 Å². The molecule has 0 radical (unpaired) electrons. The lowest BCUT2D eigenvalue weighted by molar-refractivity contribution is -0.138. The van der Waals surface area contributed by atoms with Gasteiger partial charge in [-0.1, -0.05) is 71.5 Å².